The largest absolute Gasteiger partial charge is 0.494 e. The second-order valence-electron chi connectivity index (χ2n) is 5.40. The van der Waals surface area contributed by atoms with Crippen molar-refractivity contribution in [1.29, 1.82) is 0 Å². The van der Waals surface area contributed by atoms with Crippen LogP contribution in [-0.2, 0) is 14.3 Å². The summed E-state index contributed by atoms with van der Waals surface area (Å²) in [7, 11) is 0. The van der Waals surface area contributed by atoms with E-state index in [4.69, 9.17) is 13.9 Å². The predicted octanol–water partition coefficient (Wildman–Crippen LogP) is 3.50. The number of ether oxygens (including phenoxy) is 2. The number of fused-ring (bicyclic) bond motifs is 1. The molecule has 1 amide bonds. The molecule has 7 nitrogen and oxygen atoms in total. The monoisotopic (exact) mass is 386 g/mol. The lowest BCUT2D eigenvalue weighted by atomic mass is 10.3. The van der Waals surface area contributed by atoms with Gasteiger partial charge in [-0.1, -0.05) is 23.9 Å². The number of benzene rings is 2. The minimum absolute atomic E-state index is 0.00313. The summed E-state index contributed by atoms with van der Waals surface area (Å²) in [6, 6.07) is 14.3. The quantitative estimate of drug-likeness (QED) is 0.468. The number of hydrogen-bond donors (Lipinski definition) is 1. The lowest BCUT2D eigenvalue weighted by Crippen LogP contribution is -2.21. The van der Waals surface area contributed by atoms with Crippen molar-refractivity contribution in [3.8, 4) is 5.75 Å². The molecule has 0 saturated heterocycles. The molecule has 0 aliphatic heterocycles. The maximum absolute atomic E-state index is 11.9. The molecule has 3 aromatic rings. The van der Waals surface area contributed by atoms with E-state index < -0.39 is 11.9 Å². The van der Waals surface area contributed by atoms with Crippen molar-refractivity contribution in [2.24, 2.45) is 0 Å². The van der Waals surface area contributed by atoms with Crippen molar-refractivity contribution >= 4 is 40.4 Å². The van der Waals surface area contributed by atoms with E-state index in [2.05, 4.69) is 10.3 Å². The zero-order chi connectivity index (χ0) is 19.1. The maximum atomic E-state index is 11.9. The van der Waals surface area contributed by atoms with Gasteiger partial charge in [0.25, 0.3) is 11.1 Å². The number of anilines is 1. The fourth-order valence-corrected chi connectivity index (χ4v) is 2.86. The van der Waals surface area contributed by atoms with Gasteiger partial charge in [-0.2, -0.15) is 0 Å². The Morgan fingerprint density at radius 2 is 1.93 bits per heavy atom. The lowest BCUT2D eigenvalue weighted by Gasteiger charge is -2.07. The molecule has 0 fully saturated rings. The lowest BCUT2D eigenvalue weighted by molar-refractivity contribution is -0.144. The third-order valence-electron chi connectivity index (χ3n) is 3.40. The molecule has 0 bridgehead atoms. The highest BCUT2D eigenvalue weighted by Crippen LogP contribution is 2.23. The molecular weight excluding hydrogens is 368 g/mol. The van der Waals surface area contributed by atoms with Crippen molar-refractivity contribution < 1.29 is 23.5 Å². The van der Waals surface area contributed by atoms with Gasteiger partial charge in [0.1, 0.15) is 17.0 Å². The standard InChI is InChI=1S/C19H18N2O5S/c1-2-24-14-9-7-13(8-10-14)20-17(22)11-25-18(23)12-27-19-21-15-5-3-4-6-16(15)26-19/h3-10H,2,11-12H2,1H3,(H,20,22). The summed E-state index contributed by atoms with van der Waals surface area (Å²) in [5, 5.41) is 3.03. The van der Waals surface area contributed by atoms with Gasteiger partial charge >= 0.3 is 5.97 Å². The van der Waals surface area contributed by atoms with Crippen LogP contribution in [0.15, 0.2) is 58.2 Å². The predicted molar refractivity (Wildman–Crippen MR) is 102 cm³/mol. The Balaban J connectivity index is 1.41. The van der Waals surface area contributed by atoms with Crippen LogP contribution in [0.1, 0.15) is 6.92 Å². The first kappa shape index (κ1) is 18.8. The fourth-order valence-electron chi connectivity index (χ4n) is 2.22. The molecule has 0 aliphatic carbocycles. The number of nitrogens with one attached hydrogen (secondary N) is 1. The number of amides is 1. The van der Waals surface area contributed by atoms with Crippen molar-refractivity contribution in [3.05, 3.63) is 48.5 Å². The zero-order valence-corrected chi connectivity index (χ0v) is 15.5. The van der Waals surface area contributed by atoms with Crippen molar-refractivity contribution in [3.63, 3.8) is 0 Å². The summed E-state index contributed by atoms with van der Waals surface area (Å²) in [4.78, 5) is 27.9. The smallest absolute Gasteiger partial charge is 0.316 e. The number of aromatic nitrogens is 1. The van der Waals surface area contributed by atoms with Gasteiger partial charge in [-0.15, -0.1) is 0 Å². The third-order valence-corrected chi connectivity index (χ3v) is 4.20. The number of oxazole rings is 1. The number of rotatable bonds is 8. The molecule has 140 valence electrons. The van der Waals surface area contributed by atoms with Crippen LogP contribution in [0.2, 0.25) is 0 Å². The van der Waals surface area contributed by atoms with Crippen LogP contribution in [0.25, 0.3) is 11.1 Å². The van der Waals surface area contributed by atoms with E-state index in [1.54, 1.807) is 30.3 Å². The van der Waals surface area contributed by atoms with Crippen molar-refractivity contribution in [2.45, 2.75) is 12.1 Å². The van der Waals surface area contributed by atoms with E-state index in [1.165, 1.54) is 0 Å². The highest BCUT2D eigenvalue weighted by molar-refractivity contribution is 7.99. The van der Waals surface area contributed by atoms with E-state index in [9.17, 15) is 9.59 Å². The molecule has 0 spiro atoms. The normalized spacial score (nSPS) is 10.6. The first-order chi connectivity index (χ1) is 13.1. The summed E-state index contributed by atoms with van der Waals surface area (Å²) in [5.41, 5.74) is 1.98. The second-order valence-corrected chi connectivity index (χ2v) is 6.33. The fraction of sp³-hybridized carbons (Fsp3) is 0.211. The highest BCUT2D eigenvalue weighted by atomic mass is 32.2. The Morgan fingerprint density at radius 3 is 2.67 bits per heavy atom. The number of carbonyl (C=O) groups is 2. The number of carbonyl (C=O) groups excluding carboxylic acids is 2. The molecule has 27 heavy (non-hydrogen) atoms. The van der Waals surface area contributed by atoms with Crippen LogP contribution < -0.4 is 10.1 Å². The third kappa shape index (κ3) is 5.49. The molecule has 0 radical (unpaired) electrons. The Morgan fingerprint density at radius 1 is 1.15 bits per heavy atom. The van der Waals surface area contributed by atoms with Gasteiger partial charge in [0.15, 0.2) is 12.2 Å². The molecule has 8 heteroatoms. The number of esters is 1. The van der Waals surface area contributed by atoms with E-state index in [1.807, 2.05) is 25.1 Å². The van der Waals surface area contributed by atoms with Crippen LogP contribution in [0.3, 0.4) is 0 Å². The molecule has 1 N–H and O–H groups in total. The van der Waals surface area contributed by atoms with Gasteiger partial charge in [0.2, 0.25) is 0 Å². The van der Waals surface area contributed by atoms with Crippen molar-refractivity contribution in [1.82, 2.24) is 4.98 Å². The Kier molecular flexibility index (Phi) is 6.32. The number of para-hydroxylation sites is 2. The number of nitrogens with zero attached hydrogens (tertiary/aromatic N) is 1. The molecule has 0 unspecified atom stereocenters. The van der Waals surface area contributed by atoms with Gasteiger partial charge in [0, 0.05) is 5.69 Å². The molecule has 3 rings (SSSR count). The van der Waals surface area contributed by atoms with Crippen LogP contribution in [0.5, 0.6) is 5.75 Å². The van der Waals surface area contributed by atoms with E-state index >= 15 is 0 Å². The number of thioether (sulfide) groups is 1. The summed E-state index contributed by atoms with van der Waals surface area (Å²) in [5.74, 6) is -0.218. The average molecular weight is 386 g/mol. The Hall–Kier alpha value is -3.00. The van der Waals surface area contributed by atoms with Gasteiger partial charge in [-0.3, -0.25) is 9.59 Å². The number of hydrogen-bond acceptors (Lipinski definition) is 7. The molecule has 0 saturated carbocycles. The van der Waals surface area contributed by atoms with E-state index in [-0.39, 0.29) is 12.4 Å². The first-order valence-electron chi connectivity index (χ1n) is 8.31. The van der Waals surface area contributed by atoms with Crippen molar-refractivity contribution in [2.75, 3.05) is 24.3 Å². The van der Waals surface area contributed by atoms with Crippen LogP contribution in [-0.4, -0.2) is 35.8 Å². The van der Waals surface area contributed by atoms with Crippen LogP contribution in [0, 0.1) is 0 Å². The first-order valence-corrected chi connectivity index (χ1v) is 9.29. The molecular formula is C19H18N2O5S. The molecule has 1 aromatic heterocycles. The van der Waals surface area contributed by atoms with Crippen LogP contribution in [0.4, 0.5) is 5.69 Å². The Labute approximate surface area is 160 Å². The van der Waals surface area contributed by atoms with Gasteiger partial charge in [-0.25, -0.2) is 4.98 Å². The average Bonchev–Trinajstić information content (AvgIpc) is 3.09. The summed E-state index contributed by atoms with van der Waals surface area (Å²) >= 11 is 1.12. The SMILES string of the molecule is CCOc1ccc(NC(=O)COC(=O)CSc2nc3ccccc3o2)cc1. The van der Waals surface area contributed by atoms with Gasteiger partial charge in [-0.05, 0) is 43.3 Å². The highest BCUT2D eigenvalue weighted by Gasteiger charge is 2.12. The maximum Gasteiger partial charge on any atom is 0.316 e. The van der Waals surface area contributed by atoms with E-state index in [0.29, 0.717) is 23.1 Å². The zero-order valence-electron chi connectivity index (χ0n) is 14.6. The molecule has 1 heterocycles. The summed E-state index contributed by atoms with van der Waals surface area (Å²) in [6.07, 6.45) is 0. The summed E-state index contributed by atoms with van der Waals surface area (Å²) in [6.45, 7) is 2.11. The second kappa shape index (κ2) is 9.09. The van der Waals surface area contributed by atoms with Crippen LogP contribution >= 0.6 is 11.8 Å². The van der Waals surface area contributed by atoms with E-state index in [0.717, 1.165) is 23.0 Å². The minimum atomic E-state index is -0.524. The topological polar surface area (TPSA) is 90.7 Å². The minimum Gasteiger partial charge on any atom is -0.494 e. The van der Waals surface area contributed by atoms with Gasteiger partial charge in [0.05, 0.1) is 6.61 Å². The molecule has 0 atom stereocenters. The molecule has 2 aromatic carbocycles. The Bertz CT molecular complexity index is 890. The molecule has 0 aliphatic rings. The summed E-state index contributed by atoms with van der Waals surface area (Å²) < 4.78 is 15.8. The van der Waals surface area contributed by atoms with Gasteiger partial charge < -0.3 is 19.2 Å².